The number of aromatic nitrogens is 2. The Labute approximate surface area is 82.0 Å². The Morgan fingerprint density at radius 3 is 3.29 bits per heavy atom. The van der Waals surface area contributed by atoms with E-state index >= 15 is 0 Å². The van der Waals surface area contributed by atoms with Gasteiger partial charge in [-0.3, -0.25) is 0 Å². The molecule has 1 aliphatic heterocycles. The molecule has 1 atom stereocenters. The van der Waals surface area contributed by atoms with Crippen LogP contribution in [-0.4, -0.2) is 35.8 Å². The van der Waals surface area contributed by atoms with Gasteiger partial charge in [-0.25, -0.2) is 9.97 Å². The lowest BCUT2D eigenvalue weighted by molar-refractivity contribution is 0.0761. The van der Waals surface area contributed by atoms with E-state index in [9.17, 15) is 0 Å². The average Bonchev–Trinajstić information content (AvgIpc) is 2.30. The normalized spacial score (nSPS) is 21.6. The van der Waals surface area contributed by atoms with Crippen LogP contribution in [0.25, 0.3) is 0 Å². The Balaban J connectivity index is 2.09. The summed E-state index contributed by atoms with van der Waals surface area (Å²) >= 11 is 0. The van der Waals surface area contributed by atoms with Crippen LogP contribution in [0.1, 0.15) is 0 Å². The summed E-state index contributed by atoms with van der Waals surface area (Å²) in [6.07, 6.45) is 2.85. The van der Waals surface area contributed by atoms with Crippen molar-refractivity contribution in [1.29, 1.82) is 5.26 Å². The fraction of sp³-hybridized carbons (Fsp3) is 0.444. The second-order valence-electron chi connectivity index (χ2n) is 3.00. The molecule has 2 rings (SSSR count). The van der Waals surface area contributed by atoms with E-state index in [1.54, 1.807) is 6.20 Å². The van der Waals surface area contributed by atoms with Crippen molar-refractivity contribution in [3.63, 3.8) is 0 Å². The molecule has 0 spiro atoms. The molecular weight excluding hydrogens is 180 g/mol. The van der Waals surface area contributed by atoms with E-state index in [4.69, 9.17) is 10.00 Å². The van der Waals surface area contributed by atoms with Crippen molar-refractivity contribution in [2.24, 2.45) is 0 Å². The van der Waals surface area contributed by atoms with E-state index in [2.05, 4.69) is 16.0 Å². The predicted molar refractivity (Wildman–Crippen MR) is 49.6 cm³/mol. The van der Waals surface area contributed by atoms with Crippen LogP contribution < -0.4 is 4.90 Å². The lowest BCUT2D eigenvalue weighted by Gasteiger charge is -2.30. The minimum Gasteiger partial charge on any atom is -0.360 e. The van der Waals surface area contributed by atoms with E-state index in [1.165, 1.54) is 6.33 Å². The maximum Gasteiger partial charge on any atom is 0.161 e. The molecule has 72 valence electrons. The lowest BCUT2D eigenvalue weighted by atomic mass is 10.3. The quantitative estimate of drug-likeness (QED) is 0.633. The number of nitrogens with zero attached hydrogens (tertiary/aromatic N) is 4. The highest BCUT2D eigenvalue weighted by molar-refractivity contribution is 5.37. The third kappa shape index (κ3) is 1.80. The van der Waals surface area contributed by atoms with Gasteiger partial charge in [0.05, 0.1) is 19.2 Å². The molecule has 5 nitrogen and oxygen atoms in total. The molecule has 14 heavy (non-hydrogen) atoms. The molecule has 1 aliphatic rings. The number of rotatable bonds is 1. The second kappa shape index (κ2) is 4.03. The van der Waals surface area contributed by atoms with Gasteiger partial charge in [-0.2, -0.15) is 5.26 Å². The Bertz CT molecular complexity index is 334. The summed E-state index contributed by atoms with van der Waals surface area (Å²) in [4.78, 5) is 9.99. The number of ether oxygens (including phenoxy) is 1. The van der Waals surface area contributed by atoms with Gasteiger partial charge in [-0.1, -0.05) is 0 Å². The number of hydrogen-bond donors (Lipinski definition) is 0. The maximum atomic E-state index is 8.72. The molecule has 0 radical (unpaired) electrons. The van der Waals surface area contributed by atoms with Crippen LogP contribution in [0.5, 0.6) is 0 Å². The Kier molecular flexibility index (Phi) is 2.56. The second-order valence-corrected chi connectivity index (χ2v) is 3.00. The van der Waals surface area contributed by atoms with Crippen LogP contribution in [0.4, 0.5) is 5.82 Å². The fourth-order valence-electron chi connectivity index (χ4n) is 1.41. The van der Waals surface area contributed by atoms with Gasteiger partial charge in [0.15, 0.2) is 6.10 Å². The lowest BCUT2D eigenvalue weighted by Crippen LogP contribution is -2.42. The highest BCUT2D eigenvalue weighted by atomic mass is 16.5. The third-order valence-corrected chi connectivity index (χ3v) is 2.10. The summed E-state index contributed by atoms with van der Waals surface area (Å²) < 4.78 is 5.23. The van der Waals surface area contributed by atoms with Crippen molar-refractivity contribution in [3.8, 4) is 6.07 Å². The van der Waals surface area contributed by atoms with Gasteiger partial charge in [-0.15, -0.1) is 0 Å². The predicted octanol–water partition coefficient (Wildman–Crippen LogP) is 0.205. The van der Waals surface area contributed by atoms with E-state index < -0.39 is 0 Å². The van der Waals surface area contributed by atoms with Gasteiger partial charge in [0.1, 0.15) is 12.1 Å². The minimum absolute atomic E-state index is 0.348. The third-order valence-electron chi connectivity index (χ3n) is 2.10. The molecule has 0 saturated carbocycles. The summed E-state index contributed by atoms with van der Waals surface area (Å²) in [7, 11) is 0. The van der Waals surface area contributed by atoms with Gasteiger partial charge >= 0.3 is 0 Å². The first-order valence-electron chi connectivity index (χ1n) is 4.42. The van der Waals surface area contributed by atoms with Crippen molar-refractivity contribution >= 4 is 5.82 Å². The number of nitriles is 1. The Hall–Kier alpha value is -1.67. The van der Waals surface area contributed by atoms with Crippen molar-refractivity contribution < 1.29 is 4.74 Å². The van der Waals surface area contributed by atoms with Crippen LogP contribution in [0.15, 0.2) is 18.6 Å². The molecule has 1 aromatic heterocycles. The largest absolute Gasteiger partial charge is 0.360 e. The summed E-state index contributed by atoms with van der Waals surface area (Å²) in [5, 5.41) is 8.72. The summed E-state index contributed by atoms with van der Waals surface area (Å²) in [6.45, 7) is 1.92. The number of anilines is 1. The van der Waals surface area contributed by atoms with Gasteiger partial charge in [-0.05, 0) is 6.07 Å². The van der Waals surface area contributed by atoms with E-state index in [-0.39, 0.29) is 6.10 Å². The zero-order chi connectivity index (χ0) is 9.80. The molecule has 1 fully saturated rings. The minimum atomic E-state index is -0.348. The van der Waals surface area contributed by atoms with Crippen molar-refractivity contribution in [2.45, 2.75) is 6.10 Å². The molecule has 2 heterocycles. The van der Waals surface area contributed by atoms with E-state index in [0.717, 1.165) is 12.4 Å². The first-order valence-corrected chi connectivity index (χ1v) is 4.42. The first-order chi connectivity index (χ1) is 6.90. The average molecular weight is 190 g/mol. The summed E-state index contributed by atoms with van der Waals surface area (Å²) in [5.41, 5.74) is 0. The van der Waals surface area contributed by atoms with Gasteiger partial charge in [0.25, 0.3) is 0 Å². The highest BCUT2D eigenvalue weighted by Crippen LogP contribution is 2.12. The Morgan fingerprint density at radius 1 is 1.64 bits per heavy atom. The standard InChI is InChI=1S/C9H10N4O/c10-5-8-6-13(3-4-14-8)9-1-2-11-7-12-9/h1-2,7-8H,3-4,6H2. The molecule has 1 unspecified atom stereocenters. The number of hydrogen-bond acceptors (Lipinski definition) is 5. The van der Waals surface area contributed by atoms with Gasteiger partial charge in [0, 0.05) is 12.7 Å². The van der Waals surface area contributed by atoms with Crippen LogP contribution in [0, 0.1) is 11.3 Å². The monoisotopic (exact) mass is 190 g/mol. The molecule has 0 N–H and O–H groups in total. The summed E-state index contributed by atoms with van der Waals surface area (Å²) in [5.74, 6) is 0.851. The summed E-state index contributed by atoms with van der Waals surface area (Å²) in [6, 6.07) is 3.93. The van der Waals surface area contributed by atoms with Crippen molar-refractivity contribution in [1.82, 2.24) is 9.97 Å². The molecule has 1 aromatic rings. The first kappa shape index (κ1) is 8.91. The zero-order valence-electron chi connectivity index (χ0n) is 7.63. The fourth-order valence-corrected chi connectivity index (χ4v) is 1.41. The van der Waals surface area contributed by atoms with Crippen LogP contribution in [0.3, 0.4) is 0 Å². The SMILES string of the molecule is N#CC1CN(c2ccncn2)CCO1. The van der Waals surface area contributed by atoms with Crippen LogP contribution >= 0.6 is 0 Å². The molecule has 1 saturated heterocycles. The number of morpholine rings is 1. The topological polar surface area (TPSA) is 62.0 Å². The van der Waals surface area contributed by atoms with Crippen molar-refractivity contribution in [2.75, 3.05) is 24.6 Å². The Morgan fingerprint density at radius 2 is 2.57 bits per heavy atom. The maximum absolute atomic E-state index is 8.72. The molecule has 0 bridgehead atoms. The smallest absolute Gasteiger partial charge is 0.161 e. The van der Waals surface area contributed by atoms with E-state index in [0.29, 0.717) is 13.2 Å². The van der Waals surface area contributed by atoms with Crippen LogP contribution in [-0.2, 0) is 4.74 Å². The molecule has 0 aliphatic carbocycles. The van der Waals surface area contributed by atoms with Gasteiger partial charge in [0.2, 0.25) is 0 Å². The van der Waals surface area contributed by atoms with Crippen molar-refractivity contribution in [3.05, 3.63) is 18.6 Å². The highest BCUT2D eigenvalue weighted by Gasteiger charge is 2.20. The molecule has 0 aromatic carbocycles. The van der Waals surface area contributed by atoms with Gasteiger partial charge < -0.3 is 9.64 Å². The molecule has 5 heteroatoms. The van der Waals surface area contributed by atoms with Crippen LogP contribution in [0.2, 0.25) is 0 Å². The zero-order valence-corrected chi connectivity index (χ0v) is 7.63. The molecular formula is C9H10N4O. The van der Waals surface area contributed by atoms with E-state index in [1.807, 2.05) is 11.0 Å². The molecule has 0 amide bonds.